The smallest absolute Gasteiger partial charge is 0.0493 e. The first-order chi connectivity index (χ1) is 8.21. The van der Waals surface area contributed by atoms with Crippen LogP contribution < -0.4 is 5.32 Å². The first-order valence-corrected chi connectivity index (χ1v) is 6.70. The summed E-state index contributed by atoms with van der Waals surface area (Å²) < 4.78 is 1.10. The van der Waals surface area contributed by atoms with Crippen molar-refractivity contribution >= 4 is 15.9 Å². The van der Waals surface area contributed by atoms with E-state index in [1.54, 1.807) is 0 Å². The van der Waals surface area contributed by atoms with E-state index in [9.17, 15) is 0 Å². The van der Waals surface area contributed by atoms with Gasteiger partial charge in [0, 0.05) is 36.7 Å². The number of hydrogen-bond acceptors (Lipinski definition) is 3. The molecule has 0 fully saturated rings. The highest BCUT2D eigenvalue weighted by Crippen LogP contribution is 2.17. The normalized spacial score (nSPS) is 11.1. The van der Waals surface area contributed by atoms with Gasteiger partial charge in [-0.05, 0) is 29.7 Å². The van der Waals surface area contributed by atoms with Gasteiger partial charge in [-0.15, -0.1) is 0 Å². The van der Waals surface area contributed by atoms with Crippen molar-refractivity contribution in [3.8, 4) is 0 Å². The van der Waals surface area contributed by atoms with Crippen LogP contribution in [-0.4, -0.2) is 30.0 Å². The van der Waals surface area contributed by atoms with E-state index in [0.717, 1.165) is 17.4 Å². The highest BCUT2D eigenvalue weighted by Gasteiger charge is 2.06. The summed E-state index contributed by atoms with van der Waals surface area (Å²) >= 11 is 3.46. The molecule has 0 atom stereocenters. The van der Waals surface area contributed by atoms with Crippen LogP contribution in [0.3, 0.4) is 0 Å². The molecule has 0 amide bonds. The molecule has 17 heavy (non-hydrogen) atoms. The second-order valence-electron chi connectivity index (χ2n) is 4.13. The summed E-state index contributed by atoms with van der Waals surface area (Å²) in [5.41, 5.74) is 2.58. The van der Waals surface area contributed by atoms with Gasteiger partial charge in [0.05, 0.1) is 0 Å². The van der Waals surface area contributed by atoms with Crippen LogP contribution in [0.25, 0.3) is 0 Å². The highest BCUT2D eigenvalue weighted by atomic mass is 79.9. The molecule has 0 heterocycles. The number of hydrogen-bond donors (Lipinski definition) is 3. The second kappa shape index (κ2) is 7.82. The first kappa shape index (κ1) is 14.6. The van der Waals surface area contributed by atoms with Crippen molar-refractivity contribution in [2.24, 2.45) is 5.92 Å². The van der Waals surface area contributed by atoms with Crippen LogP contribution in [0.4, 0.5) is 0 Å². The van der Waals surface area contributed by atoms with Crippen molar-refractivity contribution in [1.29, 1.82) is 0 Å². The molecule has 0 spiro atoms. The predicted octanol–water partition coefficient (Wildman–Crippen LogP) is 1.70. The summed E-state index contributed by atoms with van der Waals surface area (Å²) in [4.78, 5) is 0. The van der Waals surface area contributed by atoms with E-state index >= 15 is 0 Å². The summed E-state index contributed by atoms with van der Waals surface area (Å²) in [5.74, 6) is -0.0736. The molecule has 1 aromatic rings. The second-order valence-corrected chi connectivity index (χ2v) is 5.04. The number of nitrogens with one attached hydrogen (secondary N) is 1. The Labute approximate surface area is 111 Å². The molecular weight excluding hydrogens is 282 g/mol. The zero-order chi connectivity index (χ0) is 12.7. The van der Waals surface area contributed by atoms with Gasteiger partial charge in [0.15, 0.2) is 0 Å². The molecule has 0 saturated heterocycles. The average molecular weight is 302 g/mol. The van der Waals surface area contributed by atoms with Crippen LogP contribution in [0.2, 0.25) is 0 Å². The van der Waals surface area contributed by atoms with Crippen molar-refractivity contribution in [1.82, 2.24) is 5.32 Å². The predicted molar refractivity (Wildman–Crippen MR) is 72.9 cm³/mol. The lowest BCUT2D eigenvalue weighted by Gasteiger charge is -2.14. The van der Waals surface area contributed by atoms with Gasteiger partial charge >= 0.3 is 0 Å². The molecule has 0 aliphatic rings. The van der Waals surface area contributed by atoms with Crippen LogP contribution in [0, 0.1) is 5.92 Å². The number of aliphatic hydroxyl groups is 2. The molecule has 0 bridgehead atoms. The fourth-order valence-corrected chi connectivity index (χ4v) is 2.10. The summed E-state index contributed by atoms with van der Waals surface area (Å²) in [6.07, 6.45) is 1.000. The van der Waals surface area contributed by atoms with Gasteiger partial charge in [0.1, 0.15) is 0 Å². The third kappa shape index (κ3) is 4.76. The van der Waals surface area contributed by atoms with Gasteiger partial charge in [-0.2, -0.15) is 0 Å². The largest absolute Gasteiger partial charge is 0.396 e. The maximum absolute atomic E-state index is 8.95. The minimum Gasteiger partial charge on any atom is -0.396 e. The van der Waals surface area contributed by atoms with Gasteiger partial charge in [-0.3, -0.25) is 0 Å². The van der Waals surface area contributed by atoms with Gasteiger partial charge in [0.2, 0.25) is 0 Å². The van der Waals surface area contributed by atoms with E-state index in [2.05, 4.69) is 40.3 Å². The number of benzene rings is 1. The molecule has 4 heteroatoms. The van der Waals surface area contributed by atoms with Gasteiger partial charge < -0.3 is 15.5 Å². The van der Waals surface area contributed by atoms with Crippen LogP contribution in [0.1, 0.15) is 18.1 Å². The minimum absolute atomic E-state index is 0.0183. The van der Waals surface area contributed by atoms with E-state index in [1.165, 1.54) is 11.1 Å². The third-order valence-electron chi connectivity index (χ3n) is 2.81. The zero-order valence-corrected chi connectivity index (χ0v) is 11.7. The summed E-state index contributed by atoms with van der Waals surface area (Å²) in [7, 11) is 0. The standard InChI is InChI=1S/C13H20BrNO2/c1-2-11-5-13(14)4-3-12(11)7-15-6-10(8-16)9-17/h3-5,10,15-17H,2,6-9H2,1H3. The number of aliphatic hydroxyl groups excluding tert-OH is 2. The fraction of sp³-hybridized carbons (Fsp3) is 0.538. The van der Waals surface area contributed by atoms with E-state index in [4.69, 9.17) is 10.2 Å². The first-order valence-electron chi connectivity index (χ1n) is 5.91. The zero-order valence-electron chi connectivity index (χ0n) is 10.1. The van der Waals surface area contributed by atoms with Crippen LogP contribution in [0.5, 0.6) is 0 Å². The molecule has 0 unspecified atom stereocenters. The molecule has 0 aromatic heterocycles. The number of aryl methyl sites for hydroxylation is 1. The molecule has 1 rings (SSSR count). The average Bonchev–Trinajstić information content (AvgIpc) is 2.36. The molecule has 3 N–H and O–H groups in total. The van der Waals surface area contributed by atoms with E-state index in [1.807, 2.05) is 6.07 Å². The maximum Gasteiger partial charge on any atom is 0.0493 e. The van der Waals surface area contributed by atoms with E-state index in [-0.39, 0.29) is 19.1 Å². The maximum atomic E-state index is 8.95. The van der Waals surface area contributed by atoms with Gasteiger partial charge in [-0.25, -0.2) is 0 Å². The van der Waals surface area contributed by atoms with Crippen molar-refractivity contribution in [3.05, 3.63) is 33.8 Å². The number of rotatable bonds is 7. The summed E-state index contributed by atoms with van der Waals surface area (Å²) in [6, 6.07) is 6.27. The van der Waals surface area contributed by atoms with Gasteiger partial charge in [-0.1, -0.05) is 28.9 Å². The van der Waals surface area contributed by atoms with E-state index in [0.29, 0.717) is 6.54 Å². The fourth-order valence-electron chi connectivity index (χ4n) is 1.69. The molecule has 0 saturated carbocycles. The molecule has 0 aliphatic heterocycles. The highest BCUT2D eigenvalue weighted by molar-refractivity contribution is 9.10. The van der Waals surface area contributed by atoms with E-state index < -0.39 is 0 Å². The Morgan fingerprint density at radius 1 is 1.24 bits per heavy atom. The van der Waals surface area contributed by atoms with Crippen molar-refractivity contribution in [2.45, 2.75) is 19.9 Å². The van der Waals surface area contributed by atoms with Crippen molar-refractivity contribution < 1.29 is 10.2 Å². The lowest BCUT2D eigenvalue weighted by molar-refractivity contribution is 0.148. The van der Waals surface area contributed by atoms with Crippen LogP contribution in [-0.2, 0) is 13.0 Å². The molecule has 3 nitrogen and oxygen atoms in total. The lowest BCUT2D eigenvalue weighted by atomic mass is 10.1. The lowest BCUT2D eigenvalue weighted by Crippen LogP contribution is -2.27. The third-order valence-corrected chi connectivity index (χ3v) is 3.31. The Morgan fingerprint density at radius 3 is 2.53 bits per heavy atom. The van der Waals surface area contributed by atoms with Crippen LogP contribution >= 0.6 is 15.9 Å². The topological polar surface area (TPSA) is 52.5 Å². The molecule has 0 aliphatic carbocycles. The minimum atomic E-state index is -0.0736. The van der Waals surface area contributed by atoms with Crippen molar-refractivity contribution in [2.75, 3.05) is 19.8 Å². The Morgan fingerprint density at radius 2 is 1.94 bits per heavy atom. The molecule has 0 radical (unpaired) electrons. The SMILES string of the molecule is CCc1cc(Br)ccc1CNCC(CO)CO. The Balaban J connectivity index is 2.51. The Hall–Kier alpha value is -0.420. The number of halogens is 1. The molecule has 96 valence electrons. The quantitative estimate of drug-likeness (QED) is 0.718. The van der Waals surface area contributed by atoms with Gasteiger partial charge in [0.25, 0.3) is 0 Å². The molecule has 1 aromatic carbocycles. The summed E-state index contributed by atoms with van der Waals surface area (Å²) in [6.45, 7) is 3.57. The Kier molecular flexibility index (Phi) is 6.73. The molecular formula is C13H20BrNO2. The monoisotopic (exact) mass is 301 g/mol. The summed E-state index contributed by atoms with van der Waals surface area (Å²) in [5, 5.41) is 21.2. The Bertz CT molecular complexity index is 340. The van der Waals surface area contributed by atoms with Crippen molar-refractivity contribution in [3.63, 3.8) is 0 Å². The van der Waals surface area contributed by atoms with Crippen LogP contribution in [0.15, 0.2) is 22.7 Å².